The highest BCUT2D eigenvalue weighted by molar-refractivity contribution is 7.84. The predicted molar refractivity (Wildman–Crippen MR) is 70.2 cm³/mol. The summed E-state index contributed by atoms with van der Waals surface area (Å²) in [5, 5.41) is 0. The van der Waals surface area contributed by atoms with Crippen molar-refractivity contribution in [2.24, 2.45) is 0 Å². The second-order valence-corrected chi connectivity index (χ2v) is 5.92. The van der Waals surface area contributed by atoms with Gasteiger partial charge in [0.2, 0.25) is 0 Å². The zero-order chi connectivity index (χ0) is 14.3. The van der Waals surface area contributed by atoms with E-state index in [1.807, 2.05) is 0 Å². The van der Waals surface area contributed by atoms with Gasteiger partial charge in [-0.15, -0.1) is 0 Å². The maximum Gasteiger partial charge on any atom is 0.386 e. The van der Waals surface area contributed by atoms with E-state index in [1.54, 1.807) is 37.3 Å². The van der Waals surface area contributed by atoms with Crippen molar-refractivity contribution in [3.05, 3.63) is 41.5 Å². The van der Waals surface area contributed by atoms with E-state index < -0.39 is 22.3 Å². The van der Waals surface area contributed by atoms with Crippen LogP contribution in [0.3, 0.4) is 0 Å². The number of ether oxygens (including phenoxy) is 1. The Labute approximate surface area is 116 Å². The van der Waals surface area contributed by atoms with Gasteiger partial charge in [-0.1, -0.05) is 24.3 Å². The SMILES string of the molecule is CCOC(=O)C1=CCN2[C@H]1c1ccccc1OS2(=O)=O. The van der Waals surface area contributed by atoms with E-state index in [4.69, 9.17) is 8.92 Å². The van der Waals surface area contributed by atoms with Crippen molar-refractivity contribution in [3.8, 4) is 5.75 Å². The number of hydrogen-bond acceptors (Lipinski definition) is 5. The van der Waals surface area contributed by atoms with Crippen molar-refractivity contribution in [2.75, 3.05) is 13.2 Å². The highest BCUT2D eigenvalue weighted by Crippen LogP contribution is 2.44. The lowest BCUT2D eigenvalue weighted by Crippen LogP contribution is -2.40. The summed E-state index contributed by atoms with van der Waals surface area (Å²) in [6.45, 7) is 2.06. The van der Waals surface area contributed by atoms with Gasteiger partial charge < -0.3 is 8.92 Å². The van der Waals surface area contributed by atoms with Crippen molar-refractivity contribution in [3.63, 3.8) is 0 Å². The second-order valence-electron chi connectivity index (χ2n) is 4.43. The van der Waals surface area contributed by atoms with Crippen LogP contribution in [0.2, 0.25) is 0 Å². The van der Waals surface area contributed by atoms with E-state index in [1.165, 1.54) is 0 Å². The largest absolute Gasteiger partial charge is 0.463 e. The Morgan fingerprint density at radius 3 is 2.95 bits per heavy atom. The van der Waals surface area contributed by atoms with Crippen LogP contribution < -0.4 is 4.18 Å². The molecule has 20 heavy (non-hydrogen) atoms. The van der Waals surface area contributed by atoms with Gasteiger partial charge in [0.05, 0.1) is 18.2 Å². The smallest absolute Gasteiger partial charge is 0.386 e. The molecule has 2 aliphatic heterocycles. The molecule has 0 fully saturated rings. The standard InChI is InChI=1S/C13H13NO5S/c1-2-18-13(15)10-7-8-14-12(10)9-5-3-4-6-11(9)19-20(14,16)17/h3-7,12H,2,8H2,1H3/t12-/m0/s1. The normalized spacial score (nSPS) is 23.2. The highest BCUT2D eigenvalue weighted by Gasteiger charge is 2.46. The predicted octanol–water partition coefficient (Wildman–Crippen LogP) is 1.17. The number of esters is 1. The fraction of sp³-hybridized carbons (Fsp3) is 0.308. The average Bonchev–Trinajstić information content (AvgIpc) is 2.84. The summed E-state index contributed by atoms with van der Waals surface area (Å²) < 4.78 is 35.3. The molecule has 0 amide bonds. The first kappa shape index (κ1) is 13.1. The molecule has 1 atom stereocenters. The maximum atomic E-state index is 12.1. The van der Waals surface area contributed by atoms with E-state index >= 15 is 0 Å². The molecule has 0 unspecified atom stereocenters. The Morgan fingerprint density at radius 1 is 1.45 bits per heavy atom. The Morgan fingerprint density at radius 2 is 2.20 bits per heavy atom. The zero-order valence-electron chi connectivity index (χ0n) is 10.8. The first-order valence-corrected chi connectivity index (χ1v) is 7.58. The van der Waals surface area contributed by atoms with Crippen molar-refractivity contribution >= 4 is 16.3 Å². The molecule has 0 saturated heterocycles. The number of carbonyl (C=O) groups excluding carboxylic acids is 1. The van der Waals surface area contributed by atoms with Crippen LogP contribution in [0.1, 0.15) is 18.5 Å². The summed E-state index contributed by atoms with van der Waals surface area (Å²) >= 11 is 0. The van der Waals surface area contributed by atoms with Crippen LogP contribution in [0.25, 0.3) is 0 Å². The number of carbonyl (C=O) groups is 1. The fourth-order valence-electron chi connectivity index (χ4n) is 2.46. The lowest BCUT2D eigenvalue weighted by atomic mass is 10.00. The maximum absolute atomic E-state index is 12.1. The molecule has 1 aromatic rings. The summed E-state index contributed by atoms with van der Waals surface area (Å²) in [6, 6.07) is 6.13. The number of para-hydroxylation sites is 1. The van der Waals surface area contributed by atoms with E-state index in [0.717, 1.165) is 4.31 Å². The van der Waals surface area contributed by atoms with Gasteiger partial charge in [-0.05, 0) is 13.0 Å². The van der Waals surface area contributed by atoms with Crippen molar-refractivity contribution in [1.29, 1.82) is 0 Å². The van der Waals surface area contributed by atoms with Gasteiger partial charge in [0.25, 0.3) is 0 Å². The zero-order valence-corrected chi connectivity index (χ0v) is 11.6. The van der Waals surface area contributed by atoms with E-state index in [-0.39, 0.29) is 18.9 Å². The molecule has 0 aliphatic carbocycles. The molecule has 0 N–H and O–H groups in total. The van der Waals surface area contributed by atoms with Gasteiger partial charge in [-0.2, -0.15) is 12.7 Å². The van der Waals surface area contributed by atoms with Gasteiger partial charge in [0, 0.05) is 12.1 Å². The van der Waals surface area contributed by atoms with Gasteiger partial charge in [0.15, 0.2) is 0 Å². The molecule has 3 rings (SSSR count). The van der Waals surface area contributed by atoms with Gasteiger partial charge in [-0.25, -0.2) is 4.79 Å². The molecule has 106 valence electrons. The van der Waals surface area contributed by atoms with Crippen LogP contribution in [0, 0.1) is 0 Å². The number of nitrogens with zero attached hydrogens (tertiary/aromatic N) is 1. The van der Waals surface area contributed by atoms with E-state index in [2.05, 4.69) is 0 Å². The van der Waals surface area contributed by atoms with Gasteiger partial charge >= 0.3 is 16.3 Å². The summed E-state index contributed by atoms with van der Waals surface area (Å²) in [7, 11) is -3.88. The molecule has 1 aromatic carbocycles. The molecule has 0 aromatic heterocycles. The Kier molecular flexibility index (Phi) is 3.02. The van der Waals surface area contributed by atoms with Crippen molar-refractivity contribution < 1.29 is 22.1 Å². The number of fused-ring (bicyclic) bond motifs is 3. The Bertz CT molecular complexity index is 694. The van der Waals surface area contributed by atoms with Gasteiger partial charge in [-0.3, -0.25) is 0 Å². The molecule has 0 bridgehead atoms. The number of hydrogen-bond donors (Lipinski definition) is 0. The van der Waals surface area contributed by atoms with Crippen molar-refractivity contribution in [1.82, 2.24) is 4.31 Å². The Hall–Kier alpha value is -1.86. The number of benzene rings is 1. The first-order valence-electron chi connectivity index (χ1n) is 6.22. The van der Waals surface area contributed by atoms with Crippen LogP contribution in [-0.2, 0) is 19.8 Å². The molecular formula is C13H13NO5S. The third kappa shape index (κ3) is 1.90. The minimum Gasteiger partial charge on any atom is -0.463 e. The third-order valence-corrected chi connectivity index (χ3v) is 4.61. The molecule has 7 heteroatoms. The molecule has 2 heterocycles. The monoisotopic (exact) mass is 295 g/mol. The molecular weight excluding hydrogens is 282 g/mol. The average molecular weight is 295 g/mol. The van der Waals surface area contributed by atoms with Crippen LogP contribution in [-0.4, -0.2) is 31.8 Å². The van der Waals surface area contributed by atoms with Crippen LogP contribution in [0.15, 0.2) is 35.9 Å². The van der Waals surface area contributed by atoms with Gasteiger partial charge in [0.1, 0.15) is 5.75 Å². The molecule has 0 spiro atoms. The second kappa shape index (κ2) is 4.60. The summed E-state index contributed by atoms with van der Waals surface area (Å²) in [5.74, 6) is -0.238. The van der Waals surface area contributed by atoms with E-state index in [0.29, 0.717) is 11.1 Å². The summed E-state index contributed by atoms with van der Waals surface area (Å²) in [5.41, 5.74) is 0.991. The molecule has 0 saturated carbocycles. The minimum absolute atomic E-state index is 0.107. The molecule has 0 radical (unpaired) electrons. The van der Waals surface area contributed by atoms with Crippen LogP contribution in [0.5, 0.6) is 5.75 Å². The lowest BCUT2D eigenvalue weighted by Gasteiger charge is -2.31. The fourth-order valence-corrected chi connectivity index (χ4v) is 3.67. The summed E-state index contributed by atoms with van der Waals surface area (Å²) in [6.07, 6.45) is 1.58. The van der Waals surface area contributed by atoms with E-state index in [9.17, 15) is 13.2 Å². The van der Waals surface area contributed by atoms with Crippen LogP contribution >= 0.6 is 0 Å². The van der Waals surface area contributed by atoms with Crippen molar-refractivity contribution in [2.45, 2.75) is 13.0 Å². The minimum atomic E-state index is -3.88. The topological polar surface area (TPSA) is 72.9 Å². The lowest BCUT2D eigenvalue weighted by molar-refractivity contribution is -0.138. The third-order valence-electron chi connectivity index (χ3n) is 3.28. The Balaban J connectivity index is 2.09. The first-order chi connectivity index (χ1) is 9.54. The molecule has 2 aliphatic rings. The highest BCUT2D eigenvalue weighted by atomic mass is 32.2. The summed E-state index contributed by atoms with van der Waals surface area (Å²) in [4.78, 5) is 12.0. The number of rotatable bonds is 2. The quantitative estimate of drug-likeness (QED) is 0.766. The molecule has 6 nitrogen and oxygen atoms in total. The van der Waals surface area contributed by atoms with Crippen LogP contribution in [0.4, 0.5) is 0 Å².